The van der Waals surface area contributed by atoms with Crippen molar-refractivity contribution in [3.05, 3.63) is 69.0 Å². The number of piperidine rings is 1. The smallest absolute Gasteiger partial charge is 0.310 e. The first-order valence-corrected chi connectivity index (χ1v) is 14.4. The van der Waals surface area contributed by atoms with Gasteiger partial charge in [0.2, 0.25) is 11.9 Å². The van der Waals surface area contributed by atoms with Crippen LogP contribution in [-0.4, -0.2) is 51.3 Å². The van der Waals surface area contributed by atoms with E-state index in [1.54, 1.807) is 0 Å². The Morgan fingerprint density at radius 3 is 2.51 bits per heavy atom. The topological polar surface area (TPSA) is 85.5 Å². The number of carbonyl (C=O) groups is 1. The van der Waals surface area contributed by atoms with Crippen LogP contribution >= 0.6 is 0 Å². The van der Waals surface area contributed by atoms with Crippen molar-refractivity contribution >= 4 is 30.0 Å². The first kappa shape index (κ1) is 30.0. The lowest BCUT2D eigenvalue weighted by Gasteiger charge is -2.38. The zero-order chi connectivity index (χ0) is 29.5. The molecule has 0 bridgehead atoms. The number of anilines is 2. The molecule has 1 atom stereocenters. The van der Waals surface area contributed by atoms with Crippen LogP contribution in [0.3, 0.4) is 0 Å². The van der Waals surface area contributed by atoms with Gasteiger partial charge in [-0.25, -0.2) is 18.9 Å². The standard InChI is InChI=1S/C31H41FN6O3/c1-6-9-27-26(8-3)34-31(37(27)20-23-10-12-24(32)13-11-23)36-18-15-25(16-19-36)35(5)30-33-17-14-28(39)38(30)21-41-29(40)22(4)7-2/h8-14,17,22,25H,6-7,15-16,18-21H2,1-5H3/b26-8+,27-9+. The fourth-order valence-electron chi connectivity index (χ4n) is 5.14. The Morgan fingerprint density at radius 2 is 1.88 bits per heavy atom. The molecule has 0 radical (unpaired) electrons. The van der Waals surface area contributed by atoms with Gasteiger partial charge in [-0.3, -0.25) is 9.59 Å². The van der Waals surface area contributed by atoms with E-state index >= 15 is 0 Å². The van der Waals surface area contributed by atoms with Crippen molar-refractivity contribution in [2.45, 2.75) is 72.7 Å². The third-order valence-electron chi connectivity index (χ3n) is 7.82. The van der Waals surface area contributed by atoms with Gasteiger partial charge in [0.1, 0.15) is 5.82 Å². The van der Waals surface area contributed by atoms with Crippen molar-refractivity contribution in [2.75, 3.05) is 29.9 Å². The van der Waals surface area contributed by atoms with Crippen molar-refractivity contribution in [2.24, 2.45) is 5.92 Å². The highest BCUT2D eigenvalue weighted by molar-refractivity contribution is 5.71. The molecule has 0 spiro atoms. The Kier molecular flexibility index (Phi) is 9.96. The molecular formula is C31H41FN6O3. The summed E-state index contributed by atoms with van der Waals surface area (Å²) in [4.78, 5) is 38.8. The highest BCUT2D eigenvalue weighted by Gasteiger charge is 2.28. The predicted molar refractivity (Wildman–Crippen MR) is 160 cm³/mol. The van der Waals surface area contributed by atoms with E-state index in [1.165, 1.54) is 29.0 Å². The van der Waals surface area contributed by atoms with Crippen LogP contribution in [0.15, 0.2) is 41.3 Å². The number of aromatic nitrogens is 4. The quantitative estimate of drug-likeness (QED) is 0.350. The van der Waals surface area contributed by atoms with E-state index in [-0.39, 0.29) is 36.0 Å². The Bertz CT molecular complexity index is 1510. The number of carbonyl (C=O) groups excluding carboxylic acids is 1. The van der Waals surface area contributed by atoms with Crippen LogP contribution in [0.25, 0.3) is 12.2 Å². The highest BCUT2D eigenvalue weighted by atomic mass is 19.1. The third-order valence-corrected chi connectivity index (χ3v) is 7.82. The number of nitrogens with zero attached hydrogens (tertiary/aromatic N) is 6. The van der Waals surface area contributed by atoms with Gasteiger partial charge in [-0.2, -0.15) is 0 Å². The normalized spacial score (nSPS) is 15.8. The average Bonchev–Trinajstić information content (AvgIpc) is 3.33. The van der Waals surface area contributed by atoms with Crippen LogP contribution < -0.4 is 26.1 Å². The molecule has 3 heterocycles. The van der Waals surface area contributed by atoms with Crippen LogP contribution in [0.5, 0.6) is 0 Å². The molecule has 1 aliphatic heterocycles. The zero-order valence-electron chi connectivity index (χ0n) is 24.7. The Balaban J connectivity index is 1.54. The lowest BCUT2D eigenvalue weighted by molar-refractivity contribution is -0.152. The van der Waals surface area contributed by atoms with Gasteiger partial charge >= 0.3 is 5.97 Å². The third kappa shape index (κ3) is 6.86. The lowest BCUT2D eigenvalue weighted by atomic mass is 10.0. The molecule has 0 N–H and O–H groups in total. The molecule has 0 amide bonds. The van der Waals surface area contributed by atoms with E-state index < -0.39 is 0 Å². The van der Waals surface area contributed by atoms with E-state index in [1.807, 2.05) is 50.9 Å². The van der Waals surface area contributed by atoms with Crippen molar-refractivity contribution in [1.82, 2.24) is 19.1 Å². The van der Waals surface area contributed by atoms with E-state index in [4.69, 9.17) is 9.72 Å². The fourth-order valence-corrected chi connectivity index (χ4v) is 5.14. The summed E-state index contributed by atoms with van der Waals surface area (Å²) in [5, 5.41) is 2.01. The van der Waals surface area contributed by atoms with Crippen molar-refractivity contribution < 1.29 is 13.9 Å². The first-order valence-electron chi connectivity index (χ1n) is 14.4. The summed E-state index contributed by atoms with van der Waals surface area (Å²) in [6.45, 7) is 9.81. The highest BCUT2D eigenvalue weighted by Crippen LogP contribution is 2.23. The second-order valence-corrected chi connectivity index (χ2v) is 10.5. The molecule has 10 heteroatoms. The number of halogens is 1. The molecule has 9 nitrogen and oxygen atoms in total. The molecule has 220 valence electrons. The summed E-state index contributed by atoms with van der Waals surface area (Å²) in [7, 11) is 1.93. The number of rotatable bonds is 10. The van der Waals surface area contributed by atoms with Gasteiger partial charge in [0.15, 0.2) is 6.73 Å². The monoisotopic (exact) mass is 564 g/mol. The molecule has 4 rings (SSSR count). The van der Waals surface area contributed by atoms with Crippen molar-refractivity contribution in [1.29, 1.82) is 0 Å². The molecule has 1 aromatic carbocycles. The fraction of sp³-hybridized carbons (Fsp3) is 0.484. The first-order chi connectivity index (χ1) is 19.8. The van der Waals surface area contributed by atoms with E-state index in [9.17, 15) is 14.0 Å². The number of esters is 1. The molecule has 0 saturated carbocycles. The molecular weight excluding hydrogens is 523 g/mol. The number of ether oxygens (including phenoxy) is 1. The van der Waals surface area contributed by atoms with Gasteiger partial charge < -0.3 is 19.1 Å². The molecule has 2 aromatic heterocycles. The molecule has 1 aliphatic rings. The Morgan fingerprint density at radius 1 is 1.17 bits per heavy atom. The van der Waals surface area contributed by atoms with Crippen LogP contribution in [0.4, 0.5) is 16.3 Å². The molecule has 3 aromatic rings. The summed E-state index contributed by atoms with van der Waals surface area (Å²) >= 11 is 0. The molecule has 1 saturated heterocycles. The van der Waals surface area contributed by atoms with Crippen LogP contribution in [0.2, 0.25) is 0 Å². The minimum atomic E-state index is -0.329. The summed E-state index contributed by atoms with van der Waals surface area (Å²) < 4.78 is 22.6. The summed E-state index contributed by atoms with van der Waals surface area (Å²) in [6, 6.07) is 8.13. The maximum atomic E-state index is 13.6. The largest absolute Gasteiger partial charge is 0.443 e. The Hall–Kier alpha value is -3.95. The molecule has 41 heavy (non-hydrogen) atoms. The number of imidazole rings is 1. The number of hydrogen-bond donors (Lipinski definition) is 0. The molecule has 0 aliphatic carbocycles. The minimum absolute atomic E-state index is 0.136. The second-order valence-electron chi connectivity index (χ2n) is 10.5. The van der Waals surface area contributed by atoms with E-state index in [0.29, 0.717) is 18.9 Å². The number of hydrogen-bond acceptors (Lipinski definition) is 7. The summed E-state index contributed by atoms with van der Waals surface area (Å²) in [5.41, 5.74) is 0.748. The average molecular weight is 565 g/mol. The van der Waals surface area contributed by atoms with Gasteiger partial charge in [0.25, 0.3) is 5.56 Å². The SMILES string of the molecule is C/C=c1/nc(N2CCC(N(C)c3nccc(=O)n3COC(=O)C(C)CC)CC2)n(Cc2ccc(F)cc2)/c1=C/CC. The van der Waals surface area contributed by atoms with Gasteiger partial charge in [0, 0.05) is 38.4 Å². The second kappa shape index (κ2) is 13.6. The van der Waals surface area contributed by atoms with E-state index in [0.717, 1.165) is 54.6 Å². The van der Waals surface area contributed by atoms with Gasteiger partial charge in [0.05, 0.1) is 23.2 Å². The van der Waals surface area contributed by atoms with Crippen molar-refractivity contribution in [3.63, 3.8) is 0 Å². The van der Waals surface area contributed by atoms with Gasteiger partial charge in [-0.05, 0) is 50.3 Å². The maximum Gasteiger partial charge on any atom is 0.310 e. The van der Waals surface area contributed by atoms with Crippen LogP contribution in [0.1, 0.15) is 58.9 Å². The van der Waals surface area contributed by atoms with Crippen LogP contribution in [-0.2, 0) is 22.8 Å². The van der Waals surface area contributed by atoms with Crippen LogP contribution in [0, 0.1) is 11.7 Å². The van der Waals surface area contributed by atoms with Gasteiger partial charge in [-0.15, -0.1) is 0 Å². The van der Waals surface area contributed by atoms with Gasteiger partial charge in [-0.1, -0.05) is 45.1 Å². The molecule has 1 fully saturated rings. The van der Waals surface area contributed by atoms with Crippen molar-refractivity contribution in [3.8, 4) is 0 Å². The minimum Gasteiger partial charge on any atom is -0.443 e. The maximum absolute atomic E-state index is 13.6. The molecule has 1 unspecified atom stereocenters. The number of benzene rings is 1. The summed E-state index contributed by atoms with van der Waals surface area (Å²) in [5.74, 6) is 0.568. The summed E-state index contributed by atoms with van der Waals surface area (Å²) in [6.07, 6.45) is 8.91. The Labute approximate surface area is 240 Å². The lowest BCUT2D eigenvalue weighted by Crippen LogP contribution is -2.46. The van der Waals surface area contributed by atoms with E-state index in [2.05, 4.69) is 27.5 Å². The predicted octanol–water partition coefficient (Wildman–Crippen LogP) is 3.27. The zero-order valence-corrected chi connectivity index (χ0v) is 24.7.